The zero-order valence-corrected chi connectivity index (χ0v) is 12.0. The van der Waals surface area contributed by atoms with Crippen LogP contribution in [0.1, 0.15) is 43.0 Å². The van der Waals surface area contributed by atoms with E-state index in [1.54, 1.807) is 0 Å². The number of halogens is 3. The van der Waals surface area contributed by atoms with E-state index in [9.17, 15) is 9.18 Å². The van der Waals surface area contributed by atoms with Crippen molar-refractivity contribution >= 4 is 29.1 Å². The van der Waals surface area contributed by atoms with Crippen molar-refractivity contribution in [3.63, 3.8) is 0 Å². The highest BCUT2D eigenvalue weighted by atomic mass is 35.5. The number of alkyl halides is 1. The van der Waals surface area contributed by atoms with Gasteiger partial charge in [0.1, 0.15) is 11.2 Å². The Kier molecular flexibility index (Phi) is 5.06. The van der Waals surface area contributed by atoms with E-state index in [4.69, 9.17) is 23.2 Å². The molecule has 0 aliphatic heterocycles. The molecule has 0 heterocycles. The van der Waals surface area contributed by atoms with Crippen LogP contribution in [0.2, 0.25) is 5.02 Å². The lowest BCUT2D eigenvalue weighted by Gasteiger charge is -2.24. The van der Waals surface area contributed by atoms with Gasteiger partial charge in [-0.25, -0.2) is 4.39 Å². The van der Waals surface area contributed by atoms with Crippen LogP contribution in [0.15, 0.2) is 18.2 Å². The van der Waals surface area contributed by atoms with Gasteiger partial charge in [-0.3, -0.25) is 4.79 Å². The molecule has 1 aromatic carbocycles. The van der Waals surface area contributed by atoms with Crippen LogP contribution < -0.4 is 5.32 Å². The summed E-state index contributed by atoms with van der Waals surface area (Å²) in [6.45, 7) is 0. The molecule has 1 N–H and O–H groups in total. The molecule has 1 aliphatic rings. The first-order chi connectivity index (χ1) is 9.09. The zero-order chi connectivity index (χ0) is 13.8. The molecule has 1 saturated carbocycles. The SMILES string of the molecule is O=C(NC1CCCCC1)C(Cl)c1c(F)cccc1Cl. The Morgan fingerprint density at radius 2 is 2.00 bits per heavy atom. The van der Waals surface area contributed by atoms with Gasteiger partial charge in [-0.2, -0.15) is 0 Å². The van der Waals surface area contributed by atoms with Gasteiger partial charge in [0, 0.05) is 16.6 Å². The summed E-state index contributed by atoms with van der Waals surface area (Å²) in [5, 5.41) is 1.97. The molecule has 0 spiro atoms. The molecular weight excluding hydrogens is 288 g/mol. The molecule has 1 amide bonds. The average molecular weight is 304 g/mol. The fourth-order valence-corrected chi connectivity index (χ4v) is 3.02. The van der Waals surface area contributed by atoms with Gasteiger partial charge in [0.15, 0.2) is 0 Å². The van der Waals surface area contributed by atoms with Crippen molar-refractivity contribution in [3.05, 3.63) is 34.6 Å². The van der Waals surface area contributed by atoms with Gasteiger partial charge >= 0.3 is 0 Å². The predicted molar refractivity (Wildman–Crippen MR) is 75.0 cm³/mol. The molecule has 2 rings (SSSR count). The summed E-state index contributed by atoms with van der Waals surface area (Å²) in [5.41, 5.74) is 0.0548. The van der Waals surface area contributed by atoms with E-state index in [1.807, 2.05) is 0 Å². The standard InChI is InChI=1S/C14H16Cl2FNO/c15-10-7-4-8-11(17)12(10)13(16)14(19)18-9-5-2-1-3-6-9/h4,7-9,13H,1-3,5-6H2,(H,18,19). The van der Waals surface area contributed by atoms with Crippen LogP contribution in [0.4, 0.5) is 4.39 Å². The minimum atomic E-state index is -1.09. The molecule has 104 valence electrons. The molecule has 0 aromatic heterocycles. The van der Waals surface area contributed by atoms with E-state index in [0.717, 1.165) is 25.7 Å². The Bertz CT molecular complexity index is 441. The van der Waals surface area contributed by atoms with E-state index >= 15 is 0 Å². The Morgan fingerprint density at radius 3 is 2.63 bits per heavy atom. The summed E-state index contributed by atoms with van der Waals surface area (Å²) in [5.74, 6) is -0.924. The van der Waals surface area contributed by atoms with Gasteiger partial charge in [0.05, 0.1) is 0 Å². The summed E-state index contributed by atoms with van der Waals surface area (Å²) >= 11 is 12.0. The van der Waals surface area contributed by atoms with Crippen molar-refractivity contribution in [2.75, 3.05) is 0 Å². The molecular formula is C14H16Cl2FNO. The van der Waals surface area contributed by atoms with Crippen molar-refractivity contribution in [2.24, 2.45) is 0 Å². The summed E-state index contributed by atoms with van der Waals surface area (Å²) in [7, 11) is 0. The van der Waals surface area contributed by atoms with Crippen LogP contribution >= 0.6 is 23.2 Å². The van der Waals surface area contributed by atoms with E-state index in [2.05, 4.69) is 5.32 Å². The quantitative estimate of drug-likeness (QED) is 0.833. The first kappa shape index (κ1) is 14.6. The van der Waals surface area contributed by atoms with Crippen LogP contribution in [-0.2, 0) is 4.79 Å². The Morgan fingerprint density at radius 1 is 1.32 bits per heavy atom. The number of rotatable bonds is 3. The third-order valence-electron chi connectivity index (χ3n) is 3.43. The monoisotopic (exact) mass is 303 g/mol. The minimum Gasteiger partial charge on any atom is -0.352 e. The largest absolute Gasteiger partial charge is 0.352 e. The molecule has 5 heteroatoms. The highest BCUT2D eigenvalue weighted by Crippen LogP contribution is 2.31. The normalized spacial score (nSPS) is 18.1. The fraction of sp³-hybridized carbons (Fsp3) is 0.500. The van der Waals surface area contributed by atoms with Crippen molar-refractivity contribution < 1.29 is 9.18 Å². The molecule has 1 aliphatic carbocycles. The second-order valence-corrected chi connectivity index (χ2v) is 5.69. The van der Waals surface area contributed by atoms with Crippen molar-refractivity contribution in [3.8, 4) is 0 Å². The average Bonchev–Trinajstić information content (AvgIpc) is 2.39. The van der Waals surface area contributed by atoms with Crippen LogP contribution in [-0.4, -0.2) is 11.9 Å². The smallest absolute Gasteiger partial charge is 0.242 e. The highest BCUT2D eigenvalue weighted by Gasteiger charge is 2.26. The maximum atomic E-state index is 13.7. The lowest BCUT2D eigenvalue weighted by Crippen LogP contribution is -2.38. The number of carbonyl (C=O) groups excluding carboxylic acids is 1. The second-order valence-electron chi connectivity index (χ2n) is 4.84. The molecule has 0 bridgehead atoms. The minimum absolute atomic E-state index is 0.0548. The van der Waals surface area contributed by atoms with Crippen molar-refractivity contribution in [1.29, 1.82) is 0 Å². The molecule has 0 radical (unpaired) electrons. The molecule has 2 nitrogen and oxygen atoms in total. The molecule has 1 unspecified atom stereocenters. The van der Waals surface area contributed by atoms with Gasteiger partial charge in [0.25, 0.3) is 0 Å². The van der Waals surface area contributed by atoms with Crippen molar-refractivity contribution in [1.82, 2.24) is 5.32 Å². The number of amides is 1. The molecule has 0 saturated heterocycles. The number of carbonyl (C=O) groups is 1. The molecule has 1 atom stereocenters. The Hall–Kier alpha value is -0.800. The maximum Gasteiger partial charge on any atom is 0.242 e. The van der Waals surface area contributed by atoms with E-state index in [1.165, 1.54) is 24.6 Å². The number of benzene rings is 1. The second kappa shape index (κ2) is 6.58. The van der Waals surface area contributed by atoms with Gasteiger partial charge in [-0.05, 0) is 25.0 Å². The highest BCUT2D eigenvalue weighted by molar-refractivity contribution is 6.35. The summed E-state index contributed by atoms with van der Waals surface area (Å²) in [6.07, 6.45) is 5.34. The summed E-state index contributed by atoms with van der Waals surface area (Å²) < 4.78 is 13.7. The van der Waals surface area contributed by atoms with Gasteiger partial charge in [0.2, 0.25) is 5.91 Å². The Labute approximate surface area is 122 Å². The van der Waals surface area contributed by atoms with Crippen LogP contribution in [0, 0.1) is 5.82 Å². The van der Waals surface area contributed by atoms with Gasteiger partial charge < -0.3 is 5.32 Å². The van der Waals surface area contributed by atoms with Gasteiger partial charge in [-0.15, -0.1) is 11.6 Å². The first-order valence-corrected chi connectivity index (χ1v) is 7.29. The van der Waals surface area contributed by atoms with E-state index in [-0.39, 0.29) is 22.5 Å². The third kappa shape index (κ3) is 3.61. The number of nitrogens with one attached hydrogen (secondary N) is 1. The predicted octanol–water partition coefficient (Wildman–Crippen LogP) is 4.21. The Balaban J connectivity index is 2.06. The van der Waals surface area contributed by atoms with Crippen molar-refractivity contribution in [2.45, 2.75) is 43.5 Å². The number of hydrogen-bond donors (Lipinski definition) is 1. The molecule has 1 aromatic rings. The fourth-order valence-electron chi connectivity index (χ4n) is 2.41. The van der Waals surface area contributed by atoms with Crippen LogP contribution in [0.5, 0.6) is 0 Å². The lowest BCUT2D eigenvalue weighted by atomic mass is 9.95. The van der Waals surface area contributed by atoms with Gasteiger partial charge in [-0.1, -0.05) is 36.9 Å². The molecule has 19 heavy (non-hydrogen) atoms. The van der Waals surface area contributed by atoms with Crippen LogP contribution in [0.25, 0.3) is 0 Å². The van der Waals surface area contributed by atoms with E-state index < -0.39 is 11.2 Å². The summed E-state index contributed by atoms with van der Waals surface area (Å²) in [4.78, 5) is 12.0. The third-order valence-corrected chi connectivity index (χ3v) is 4.18. The van der Waals surface area contributed by atoms with E-state index in [0.29, 0.717) is 0 Å². The number of hydrogen-bond acceptors (Lipinski definition) is 1. The maximum absolute atomic E-state index is 13.7. The molecule has 1 fully saturated rings. The van der Waals surface area contributed by atoms with Crippen LogP contribution in [0.3, 0.4) is 0 Å². The summed E-state index contributed by atoms with van der Waals surface area (Å²) in [6, 6.07) is 4.42. The first-order valence-electron chi connectivity index (χ1n) is 6.48. The topological polar surface area (TPSA) is 29.1 Å². The lowest BCUT2D eigenvalue weighted by molar-refractivity contribution is -0.121. The zero-order valence-electron chi connectivity index (χ0n) is 10.5.